The summed E-state index contributed by atoms with van der Waals surface area (Å²) >= 11 is 11.4. The maximum Gasteiger partial charge on any atom is 0.329 e. The number of methoxy groups -OCH3 is 2. The van der Waals surface area contributed by atoms with Crippen molar-refractivity contribution in [2.24, 2.45) is 0 Å². The summed E-state index contributed by atoms with van der Waals surface area (Å²) in [5.41, 5.74) is -0.551. The van der Waals surface area contributed by atoms with Gasteiger partial charge in [0.1, 0.15) is 24.5 Å². The van der Waals surface area contributed by atoms with Crippen molar-refractivity contribution >= 4 is 58.2 Å². The van der Waals surface area contributed by atoms with Crippen LogP contribution in [0.3, 0.4) is 0 Å². The molecule has 2 aliphatic heterocycles. The van der Waals surface area contributed by atoms with Crippen LogP contribution in [0.1, 0.15) is 39.5 Å². The molecular formula is C22H28Cl2N8O8. The Hall–Kier alpha value is -3.92. The van der Waals surface area contributed by atoms with Crippen LogP contribution in [0, 0.1) is 20.2 Å². The Morgan fingerprint density at radius 2 is 1.23 bits per heavy atom. The quantitative estimate of drug-likeness (QED) is 0.201. The standard InChI is InChI=1S/C11H13ClN4O4.C10H11ClN4O4.CH4/c1-20-10(17)7-4-2-3-5-15(7)9-8(16(18)19)6-13-11(12)14-9;1-19-9(16)6-3-2-4-14(6)8-7(15(17)18)5-12-10(11)13-8;/h6-7H,2-5H2,1H3;5-6H,2-4H2,1H3;1H4/t;6-;/m.1./s1. The molecular weight excluding hydrogens is 575 g/mol. The van der Waals surface area contributed by atoms with Crippen molar-refractivity contribution in [2.75, 3.05) is 37.1 Å². The van der Waals surface area contributed by atoms with Gasteiger partial charge in [0, 0.05) is 13.1 Å². The molecule has 4 heterocycles. The lowest BCUT2D eigenvalue weighted by molar-refractivity contribution is -0.384. The third kappa shape index (κ3) is 7.38. The van der Waals surface area contributed by atoms with Crippen LogP contribution < -0.4 is 9.80 Å². The summed E-state index contributed by atoms with van der Waals surface area (Å²) in [5.74, 6) is -0.765. The van der Waals surface area contributed by atoms with E-state index in [1.54, 1.807) is 4.90 Å². The van der Waals surface area contributed by atoms with E-state index in [9.17, 15) is 29.8 Å². The summed E-state index contributed by atoms with van der Waals surface area (Å²) < 4.78 is 9.43. The maximum absolute atomic E-state index is 11.8. The summed E-state index contributed by atoms with van der Waals surface area (Å²) in [6.07, 6.45) is 5.59. The van der Waals surface area contributed by atoms with Crippen molar-refractivity contribution in [2.45, 2.75) is 51.6 Å². The molecule has 0 N–H and O–H groups in total. The second-order valence-corrected chi connectivity index (χ2v) is 8.99. The van der Waals surface area contributed by atoms with E-state index < -0.39 is 33.9 Å². The van der Waals surface area contributed by atoms with E-state index in [-0.39, 0.29) is 41.0 Å². The number of ether oxygens (including phenoxy) is 2. The highest BCUT2D eigenvalue weighted by Gasteiger charge is 2.37. The van der Waals surface area contributed by atoms with Crippen molar-refractivity contribution in [3.8, 4) is 0 Å². The molecule has 0 bridgehead atoms. The third-order valence-corrected chi connectivity index (χ3v) is 6.45. The SMILES string of the molecule is C.COC(=O)C1CCCCN1c1nc(Cl)ncc1[N+](=O)[O-].COC(=O)[C@H]1CCCN1c1nc(Cl)ncc1[N+](=O)[O-]. The van der Waals surface area contributed by atoms with E-state index in [2.05, 4.69) is 24.7 Å². The molecule has 40 heavy (non-hydrogen) atoms. The molecule has 0 spiro atoms. The number of hydrogen-bond donors (Lipinski definition) is 0. The summed E-state index contributed by atoms with van der Waals surface area (Å²) in [4.78, 5) is 62.4. The number of hydrogen-bond acceptors (Lipinski definition) is 14. The van der Waals surface area contributed by atoms with Crippen LogP contribution in [-0.2, 0) is 19.1 Å². The number of nitrogens with zero attached hydrogens (tertiary/aromatic N) is 8. The first-order valence-electron chi connectivity index (χ1n) is 11.6. The lowest BCUT2D eigenvalue weighted by Gasteiger charge is -2.34. The lowest BCUT2D eigenvalue weighted by Crippen LogP contribution is -2.46. The van der Waals surface area contributed by atoms with Crippen LogP contribution in [0.15, 0.2) is 12.4 Å². The van der Waals surface area contributed by atoms with Gasteiger partial charge in [-0.3, -0.25) is 20.2 Å². The molecule has 4 rings (SSSR count). The Balaban J connectivity index is 0.000000274. The predicted octanol–water partition coefficient (Wildman–Crippen LogP) is 3.39. The molecule has 2 fully saturated rings. The molecule has 1 unspecified atom stereocenters. The number of esters is 2. The maximum atomic E-state index is 11.8. The smallest absolute Gasteiger partial charge is 0.329 e. The van der Waals surface area contributed by atoms with Gasteiger partial charge in [-0.2, -0.15) is 9.97 Å². The van der Waals surface area contributed by atoms with E-state index in [0.717, 1.165) is 31.7 Å². The summed E-state index contributed by atoms with van der Waals surface area (Å²) in [6.45, 7) is 0.960. The molecule has 16 nitrogen and oxygen atoms in total. The van der Waals surface area contributed by atoms with E-state index in [1.807, 2.05) is 0 Å². The van der Waals surface area contributed by atoms with Crippen molar-refractivity contribution in [1.29, 1.82) is 0 Å². The van der Waals surface area contributed by atoms with E-state index in [4.69, 9.17) is 27.9 Å². The van der Waals surface area contributed by atoms with Gasteiger partial charge < -0.3 is 19.3 Å². The Labute approximate surface area is 238 Å². The Morgan fingerprint density at radius 1 is 0.825 bits per heavy atom. The predicted molar refractivity (Wildman–Crippen MR) is 144 cm³/mol. The van der Waals surface area contributed by atoms with Gasteiger partial charge in [0.15, 0.2) is 0 Å². The number of carbonyl (C=O) groups is 2. The molecule has 218 valence electrons. The van der Waals surface area contributed by atoms with Crippen LogP contribution in [0.25, 0.3) is 0 Å². The van der Waals surface area contributed by atoms with Crippen molar-refractivity contribution in [3.63, 3.8) is 0 Å². The zero-order chi connectivity index (χ0) is 28.7. The van der Waals surface area contributed by atoms with Crippen LogP contribution in [0.4, 0.5) is 23.0 Å². The fourth-order valence-electron chi connectivity index (χ4n) is 4.34. The first-order chi connectivity index (χ1) is 18.6. The van der Waals surface area contributed by atoms with Crippen LogP contribution in [-0.4, -0.2) is 81.1 Å². The fourth-order valence-corrected chi connectivity index (χ4v) is 4.60. The monoisotopic (exact) mass is 602 g/mol. The second kappa shape index (κ2) is 14.5. The second-order valence-electron chi connectivity index (χ2n) is 8.31. The minimum atomic E-state index is -0.599. The molecule has 0 saturated carbocycles. The van der Waals surface area contributed by atoms with Crippen molar-refractivity contribution in [3.05, 3.63) is 43.2 Å². The number of rotatable bonds is 6. The van der Waals surface area contributed by atoms with E-state index >= 15 is 0 Å². The Bertz CT molecular complexity index is 1250. The van der Waals surface area contributed by atoms with Crippen LogP contribution in [0.5, 0.6) is 0 Å². The Morgan fingerprint density at radius 3 is 1.62 bits per heavy atom. The van der Waals surface area contributed by atoms with Gasteiger partial charge in [-0.1, -0.05) is 7.43 Å². The molecule has 0 amide bonds. The summed E-state index contributed by atoms with van der Waals surface area (Å²) in [7, 11) is 2.57. The van der Waals surface area contributed by atoms with Gasteiger partial charge in [0.2, 0.25) is 22.2 Å². The molecule has 0 aliphatic carbocycles. The first kappa shape index (κ1) is 32.3. The van der Waals surface area contributed by atoms with Gasteiger partial charge in [0.25, 0.3) is 0 Å². The van der Waals surface area contributed by atoms with E-state index in [1.165, 1.54) is 19.1 Å². The highest BCUT2D eigenvalue weighted by atomic mass is 35.5. The van der Waals surface area contributed by atoms with Crippen LogP contribution >= 0.6 is 23.2 Å². The van der Waals surface area contributed by atoms with Gasteiger partial charge in [0.05, 0.1) is 24.1 Å². The van der Waals surface area contributed by atoms with Gasteiger partial charge in [-0.05, 0) is 55.3 Å². The molecule has 2 aromatic rings. The molecule has 2 atom stereocenters. The largest absolute Gasteiger partial charge is 0.467 e. The van der Waals surface area contributed by atoms with E-state index in [0.29, 0.717) is 25.9 Å². The highest BCUT2D eigenvalue weighted by Crippen LogP contribution is 2.33. The number of halogens is 2. The number of piperidine rings is 1. The molecule has 0 aromatic carbocycles. The first-order valence-corrected chi connectivity index (χ1v) is 12.4. The topological polar surface area (TPSA) is 197 Å². The average molecular weight is 603 g/mol. The zero-order valence-corrected chi connectivity index (χ0v) is 22.4. The minimum absolute atomic E-state index is 0. The zero-order valence-electron chi connectivity index (χ0n) is 20.9. The molecule has 2 aromatic heterocycles. The van der Waals surface area contributed by atoms with Crippen molar-refractivity contribution < 1.29 is 28.9 Å². The number of aromatic nitrogens is 4. The molecule has 2 saturated heterocycles. The van der Waals surface area contributed by atoms with Crippen molar-refractivity contribution in [1.82, 2.24) is 19.9 Å². The minimum Gasteiger partial charge on any atom is -0.467 e. The lowest BCUT2D eigenvalue weighted by atomic mass is 10.0. The van der Waals surface area contributed by atoms with Gasteiger partial charge in [-0.25, -0.2) is 19.6 Å². The molecule has 2 aliphatic rings. The Kier molecular flexibility index (Phi) is 11.7. The van der Waals surface area contributed by atoms with Crippen LogP contribution in [0.2, 0.25) is 10.6 Å². The summed E-state index contributed by atoms with van der Waals surface area (Å²) in [6, 6.07) is -1.16. The summed E-state index contributed by atoms with van der Waals surface area (Å²) in [5, 5.41) is 21.8. The molecule has 18 heteroatoms. The normalized spacial score (nSPS) is 18.1. The van der Waals surface area contributed by atoms with Gasteiger partial charge >= 0.3 is 23.3 Å². The third-order valence-electron chi connectivity index (χ3n) is 6.08. The number of anilines is 2. The highest BCUT2D eigenvalue weighted by molar-refractivity contribution is 6.28. The number of carbonyl (C=O) groups excluding carboxylic acids is 2. The number of nitro groups is 2. The molecule has 0 radical (unpaired) electrons. The average Bonchev–Trinajstić information content (AvgIpc) is 3.42. The fraction of sp³-hybridized carbons (Fsp3) is 0.545. The van der Waals surface area contributed by atoms with Gasteiger partial charge in [-0.15, -0.1) is 0 Å².